The van der Waals surface area contributed by atoms with Gasteiger partial charge in [-0.05, 0) is 16.7 Å². The van der Waals surface area contributed by atoms with E-state index in [2.05, 4.69) is 0 Å². The van der Waals surface area contributed by atoms with Crippen LogP contribution in [0.25, 0.3) is 0 Å². The summed E-state index contributed by atoms with van der Waals surface area (Å²) in [4.78, 5) is 10.2. The number of nitrogens with zero attached hydrogens (tertiary/aromatic N) is 2. The summed E-state index contributed by atoms with van der Waals surface area (Å²) in [6.07, 6.45) is 0. The van der Waals surface area contributed by atoms with Crippen molar-refractivity contribution in [1.82, 2.24) is 0 Å². The topological polar surface area (TPSA) is 70.8 Å². The molecule has 0 N–H and O–H groups in total. The Bertz CT molecular complexity index is 1550. The number of aliphatic imine (C=N–C) groups is 2. The third-order valence-corrected chi connectivity index (χ3v) is 6.27. The van der Waals surface area contributed by atoms with Gasteiger partial charge in [-0.25, -0.2) is 0 Å². The molecule has 5 aromatic carbocycles. The molecule has 4 heteroatoms. The lowest BCUT2D eigenvalue weighted by Crippen LogP contribution is -2.13. The Balaban J connectivity index is 1.65. The molecule has 0 aliphatic carbocycles. The number of hydrogen-bond acceptors (Lipinski definition) is 4. The molecule has 0 saturated carbocycles. The lowest BCUT2D eigenvalue weighted by Gasteiger charge is -2.20. The van der Waals surface area contributed by atoms with Crippen molar-refractivity contribution < 1.29 is 10.2 Å². The summed E-state index contributed by atoms with van der Waals surface area (Å²) in [6, 6.07) is 42.9. The molecule has 5 rings (SSSR count). The van der Waals surface area contributed by atoms with Gasteiger partial charge in [0, 0.05) is 11.1 Å². The molecular weight excluding hydrogens is 468 g/mol. The Morgan fingerprint density at radius 2 is 0.921 bits per heavy atom. The van der Waals surface area contributed by atoms with Crippen molar-refractivity contribution >= 4 is 11.4 Å². The Labute approximate surface area is 222 Å². The van der Waals surface area contributed by atoms with Gasteiger partial charge in [0.1, 0.15) is 0 Å². The van der Waals surface area contributed by atoms with Gasteiger partial charge in [0.2, 0.25) is 0 Å². The molecule has 1 atom stereocenters. The largest absolute Gasteiger partial charge is 0.872 e. The summed E-state index contributed by atoms with van der Waals surface area (Å²) in [5.41, 5.74) is 5.01. The molecule has 38 heavy (non-hydrogen) atoms. The van der Waals surface area contributed by atoms with Gasteiger partial charge in [0.05, 0.1) is 24.0 Å². The van der Waals surface area contributed by atoms with Gasteiger partial charge in [-0.15, -0.1) is 0 Å². The Morgan fingerprint density at radius 1 is 0.500 bits per heavy atom. The van der Waals surface area contributed by atoms with E-state index in [0.717, 1.165) is 16.7 Å². The summed E-state index contributed by atoms with van der Waals surface area (Å²) in [7, 11) is 0. The highest BCUT2D eigenvalue weighted by Crippen LogP contribution is 2.26. The fraction of sp³-hybridized carbons (Fsp3) is 0.0588. The molecule has 0 aliphatic heterocycles. The first-order chi connectivity index (χ1) is 18.7. The second-order valence-corrected chi connectivity index (χ2v) is 8.82. The minimum absolute atomic E-state index is 0.0832. The number of para-hydroxylation sites is 2. The predicted octanol–water partition coefficient (Wildman–Crippen LogP) is 5.95. The van der Waals surface area contributed by atoms with Crippen LogP contribution in [-0.4, -0.2) is 18.0 Å². The molecule has 0 aliphatic rings. The normalized spacial score (nSPS) is 12.7. The number of benzene rings is 5. The summed E-state index contributed by atoms with van der Waals surface area (Å²) in [5.74, 6) is -0.171. The Morgan fingerprint density at radius 3 is 1.45 bits per heavy atom. The molecule has 0 unspecified atom stereocenters. The molecule has 0 amide bonds. The monoisotopic (exact) mass is 494 g/mol. The second-order valence-electron chi connectivity index (χ2n) is 8.82. The van der Waals surface area contributed by atoms with Crippen LogP contribution in [0.5, 0.6) is 11.5 Å². The van der Waals surface area contributed by atoms with E-state index in [1.807, 2.05) is 109 Å². The molecule has 0 bridgehead atoms. The average molecular weight is 495 g/mol. The smallest absolute Gasteiger partial charge is 0.0952 e. The van der Waals surface area contributed by atoms with Crippen molar-refractivity contribution in [2.75, 3.05) is 6.54 Å². The second kappa shape index (κ2) is 11.8. The van der Waals surface area contributed by atoms with E-state index in [-0.39, 0.29) is 17.5 Å². The fourth-order valence-electron chi connectivity index (χ4n) is 4.38. The molecule has 0 spiro atoms. The first-order valence-electron chi connectivity index (χ1n) is 12.5. The van der Waals surface area contributed by atoms with Crippen LogP contribution in [-0.2, 0) is 0 Å². The third-order valence-electron chi connectivity index (χ3n) is 6.27. The zero-order chi connectivity index (χ0) is 26.2. The molecule has 0 fully saturated rings. The zero-order valence-electron chi connectivity index (χ0n) is 20.8. The van der Waals surface area contributed by atoms with Crippen LogP contribution >= 0.6 is 0 Å². The molecule has 0 radical (unpaired) electrons. The van der Waals surface area contributed by atoms with E-state index in [1.165, 1.54) is 0 Å². The Kier molecular flexibility index (Phi) is 7.71. The van der Waals surface area contributed by atoms with Gasteiger partial charge < -0.3 is 10.2 Å². The fourth-order valence-corrected chi connectivity index (χ4v) is 4.38. The molecule has 186 valence electrons. The van der Waals surface area contributed by atoms with Gasteiger partial charge in [-0.1, -0.05) is 151 Å². The molecule has 0 heterocycles. The van der Waals surface area contributed by atoms with E-state index >= 15 is 0 Å². The van der Waals surface area contributed by atoms with Crippen LogP contribution in [0.15, 0.2) is 150 Å². The van der Waals surface area contributed by atoms with Crippen molar-refractivity contribution in [3.63, 3.8) is 0 Å². The van der Waals surface area contributed by atoms with Crippen molar-refractivity contribution in [2.24, 2.45) is 9.98 Å². The predicted molar refractivity (Wildman–Crippen MR) is 150 cm³/mol. The first kappa shape index (κ1) is 24.7. The van der Waals surface area contributed by atoms with Gasteiger partial charge in [0.15, 0.2) is 0 Å². The molecule has 0 saturated heterocycles. The highest BCUT2D eigenvalue weighted by Gasteiger charge is 2.16. The maximum atomic E-state index is 12.9. The molecule has 0 aromatic heterocycles. The number of hydrogen-bond donors (Lipinski definition) is 0. The van der Waals surface area contributed by atoms with Crippen LogP contribution in [0.3, 0.4) is 0 Å². The number of rotatable bonds is 8. The Hall–Kier alpha value is -4.96. The lowest BCUT2D eigenvalue weighted by molar-refractivity contribution is -0.269. The van der Waals surface area contributed by atoms with Gasteiger partial charge in [-0.2, -0.15) is 0 Å². The summed E-state index contributed by atoms with van der Waals surface area (Å²) in [6.45, 7) is 0.292. The highest BCUT2D eigenvalue weighted by molar-refractivity contribution is 6.15. The summed E-state index contributed by atoms with van der Waals surface area (Å²) in [5, 5.41) is 25.7. The summed E-state index contributed by atoms with van der Waals surface area (Å²) >= 11 is 0. The van der Waals surface area contributed by atoms with Crippen molar-refractivity contribution in [3.05, 3.63) is 167 Å². The van der Waals surface area contributed by atoms with Gasteiger partial charge in [-0.3, -0.25) is 9.98 Å². The zero-order valence-corrected chi connectivity index (χ0v) is 20.8. The first-order valence-corrected chi connectivity index (χ1v) is 12.5. The molecule has 4 nitrogen and oxygen atoms in total. The highest BCUT2D eigenvalue weighted by atomic mass is 16.3. The van der Waals surface area contributed by atoms with Crippen LogP contribution in [0.1, 0.15) is 33.9 Å². The third kappa shape index (κ3) is 5.71. The van der Waals surface area contributed by atoms with Crippen LogP contribution < -0.4 is 10.2 Å². The van der Waals surface area contributed by atoms with E-state index < -0.39 is 0 Å². The van der Waals surface area contributed by atoms with Crippen LogP contribution in [0, 0.1) is 0 Å². The van der Waals surface area contributed by atoms with Gasteiger partial charge >= 0.3 is 0 Å². The summed E-state index contributed by atoms with van der Waals surface area (Å²) < 4.78 is 0. The van der Waals surface area contributed by atoms with E-state index in [4.69, 9.17) is 9.98 Å². The lowest BCUT2D eigenvalue weighted by atomic mass is 9.99. The standard InChI is InChI=1S/C34H28N2O2/c37-31-22-12-10-20-28(31)33(26-16-6-2-7-17-26)35-24-30(25-14-4-1-5-15-25)36-34(27-18-8-3-9-19-27)29-21-11-13-23-32(29)38/h1-23,30,37-38H,24H2/p-2/t30-/m0/s1. The van der Waals surface area contributed by atoms with E-state index in [1.54, 1.807) is 30.3 Å². The average Bonchev–Trinajstić information content (AvgIpc) is 2.98. The maximum Gasteiger partial charge on any atom is 0.0952 e. The van der Waals surface area contributed by atoms with Crippen molar-refractivity contribution in [1.29, 1.82) is 0 Å². The van der Waals surface area contributed by atoms with Crippen molar-refractivity contribution in [3.8, 4) is 11.5 Å². The van der Waals surface area contributed by atoms with Crippen molar-refractivity contribution in [2.45, 2.75) is 6.04 Å². The maximum absolute atomic E-state index is 12.9. The van der Waals surface area contributed by atoms with E-state index in [0.29, 0.717) is 29.1 Å². The SMILES string of the molecule is [O-]c1ccccc1C(=NC[C@H](N=C(c1ccccc1)c1ccccc1[O-])c1ccccc1)c1ccccc1. The quantitative estimate of drug-likeness (QED) is 0.250. The molecule has 5 aromatic rings. The minimum Gasteiger partial charge on any atom is -0.872 e. The minimum atomic E-state index is -0.386. The molecular formula is C34H26N2O2-2. The van der Waals surface area contributed by atoms with E-state index in [9.17, 15) is 10.2 Å². The van der Waals surface area contributed by atoms with Crippen LogP contribution in [0.2, 0.25) is 0 Å². The van der Waals surface area contributed by atoms with Gasteiger partial charge in [0.25, 0.3) is 0 Å². The van der Waals surface area contributed by atoms with Crippen LogP contribution in [0.4, 0.5) is 0 Å².